The molecule has 4 rings (SSSR count). The van der Waals surface area contributed by atoms with Gasteiger partial charge in [-0.2, -0.15) is 13.2 Å². The molecular weight excluding hydrogens is 487 g/mol. The maximum atomic E-state index is 12.9. The molecule has 0 radical (unpaired) electrons. The molecule has 1 aromatic carbocycles. The van der Waals surface area contributed by atoms with Crippen molar-refractivity contribution in [1.82, 2.24) is 15.2 Å². The van der Waals surface area contributed by atoms with Gasteiger partial charge >= 0.3 is 6.18 Å². The Bertz CT molecular complexity index is 1100. The summed E-state index contributed by atoms with van der Waals surface area (Å²) >= 11 is 0. The summed E-state index contributed by atoms with van der Waals surface area (Å²) in [6.45, 7) is 1.44. The van der Waals surface area contributed by atoms with Gasteiger partial charge in [0.15, 0.2) is 5.78 Å². The van der Waals surface area contributed by atoms with Crippen LogP contribution in [0, 0.1) is 5.92 Å². The largest absolute Gasteiger partial charge is 0.481 e. The van der Waals surface area contributed by atoms with E-state index < -0.39 is 23.2 Å². The standard InChI is InChI=1S/C27H32F3N3O4/c1-37-24-6-5-21(15-31-24)26(36)10-7-22(8-11-26)33-12-9-18(17-33)13-23(34)16-32-25(35)19-3-2-4-20(14-19)27(28,29)30/h2-6,14-15,18,22,36H,7-13,16-17H2,1H3,(H,32,35). The molecule has 0 bridgehead atoms. The van der Waals surface area contributed by atoms with E-state index in [0.29, 0.717) is 31.2 Å². The molecule has 2 aromatic rings. The number of carbonyl (C=O) groups excluding carboxylic acids is 2. The first-order valence-corrected chi connectivity index (χ1v) is 12.5. The Hall–Kier alpha value is -2.98. The number of hydrogen-bond acceptors (Lipinski definition) is 6. The molecule has 1 aromatic heterocycles. The zero-order chi connectivity index (χ0) is 26.6. The van der Waals surface area contributed by atoms with Gasteiger partial charge < -0.3 is 20.1 Å². The number of alkyl halides is 3. The average Bonchev–Trinajstić information content (AvgIpc) is 3.35. The molecular formula is C27H32F3N3O4. The molecule has 2 N–H and O–H groups in total. The van der Waals surface area contributed by atoms with E-state index in [1.165, 1.54) is 12.1 Å². The lowest BCUT2D eigenvalue weighted by molar-refractivity contribution is -0.137. The van der Waals surface area contributed by atoms with E-state index in [2.05, 4.69) is 15.2 Å². The molecule has 1 aliphatic carbocycles. The second-order valence-corrected chi connectivity index (χ2v) is 10.0. The summed E-state index contributed by atoms with van der Waals surface area (Å²) in [4.78, 5) is 31.3. The van der Waals surface area contributed by atoms with Crippen molar-refractivity contribution >= 4 is 11.7 Å². The number of nitrogens with one attached hydrogen (secondary N) is 1. The number of ether oxygens (including phenoxy) is 1. The first-order valence-electron chi connectivity index (χ1n) is 12.5. The molecule has 1 atom stereocenters. The predicted molar refractivity (Wildman–Crippen MR) is 130 cm³/mol. The normalized spacial score (nSPS) is 24.6. The smallest absolute Gasteiger partial charge is 0.416 e. The fourth-order valence-corrected chi connectivity index (χ4v) is 5.38. The summed E-state index contributed by atoms with van der Waals surface area (Å²) in [6, 6.07) is 8.10. The Morgan fingerprint density at radius 3 is 2.59 bits per heavy atom. The highest BCUT2D eigenvalue weighted by Crippen LogP contribution is 2.40. The number of aromatic nitrogens is 1. The first kappa shape index (κ1) is 27.1. The van der Waals surface area contributed by atoms with Gasteiger partial charge in [-0.15, -0.1) is 0 Å². The van der Waals surface area contributed by atoms with E-state index in [1.807, 2.05) is 6.07 Å². The number of carbonyl (C=O) groups is 2. The molecule has 1 saturated carbocycles. The maximum absolute atomic E-state index is 12.9. The lowest BCUT2D eigenvalue weighted by atomic mass is 9.78. The zero-order valence-electron chi connectivity index (χ0n) is 20.8. The molecule has 2 heterocycles. The molecule has 2 aliphatic rings. The van der Waals surface area contributed by atoms with Crippen molar-refractivity contribution in [1.29, 1.82) is 0 Å². The molecule has 7 nitrogen and oxygen atoms in total. The van der Waals surface area contributed by atoms with E-state index in [4.69, 9.17) is 4.74 Å². The SMILES string of the molecule is COc1ccc(C2(O)CCC(N3CCC(CC(=O)CNC(=O)c4cccc(C(F)(F)F)c4)C3)CC2)cn1. The highest BCUT2D eigenvalue weighted by Gasteiger charge is 2.39. The lowest BCUT2D eigenvalue weighted by Crippen LogP contribution is -2.41. The van der Waals surface area contributed by atoms with Crippen molar-refractivity contribution in [3.8, 4) is 5.88 Å². The number of nitrogens with zero attached hydrogens (tertiary/aromatic N) is 2. The van der Waals surface area contributed by atoms with Gasteiger partial charge in [0.2, 0.25) is 5.88 Å². The molecule has 0 spiro atoms. The number of pyridine rings is 1. The fourth-order valence-electron chi connectivity index (χ4n) is 5.38. The number of amides is 1. The fraction of sp³-hybridized carbons (Fsp3) is 0.519. The van der Waals surface area contributed by atoms with Gasteiger partial charge in [0, 0.05) is 42.4 Å². The Morgan fingerprint density at radius 2 is 1.95 bits per heavy atom. The van der Waals surface area contributed by atoms with Crippen LogP contribution in [-0.2, 0) is 16.6 Å². The number of methoxy groups -OCH3 is 1. The van der Waals surface area contributed by atoms with Gasteiger partial charge in [0.25, 0.3) is 5.91 Å². The summed E-state index contributed by atoms with van der Waals surface area (Å²) in [5.74, 6) is -0.162. The number of aliphatic hydroxyl groups is 1. The van der Waals surface area contributed by atoms with E-state index in [0.717, 1.165) is 50.0 Å². The van der Waals surface area contributed by atoms with E-state index in [9.17, 15) is 27.9 Å². The molecule has 1 saturated heterocycles. The van der Waals surface area contributed by atoms with Crippen molar-refractivity contribution in [2.45, 2.75) is 56.3 Å². The Morgan fingerprint density at radius 1 is 1.19 bits per heavy atom. The van der Waals surface area contributed by atoms with Crippen LogP contribution in [0.1, 0.15) is 60.0 Å². The van der Waals surface area contributed by atoms with Crippen molar-refractivity contribution in [3.63, 3.8) is 0 Å². The highest BCUT2D eigenvalue weighted by atomic mass is 19.4. The van der Waals surface area contributed by atoms with Crippen LogP contribution in [0.2, 0.25) is 0 Å². The molecule has 10 heteroatoms. The Balaban J connectivity index is 1.21. The van der Waals surface area contributed by atoms with E-state index in [1.54, 1.807) is 19.4 Å². The van der Waals surface area contributed by atoms with Gasteiger partial charge in [0.05, 0.1) is 24.8 Å². The third-order valence-electron chi connectivity index (χ3n) is 7.51. The van der Waals surface area contributed by atoms with Crippen LogP contribution in [-0.4, -0.2) is 59.5 Å². The molecule has 1 aliphatic heterocycles. The van der Waals surface area contributed by atoms with Crippen LogP contribution in [0.25, 0.3) is 0 Å². The predicted octanol–water partition coefficient (Wildman–Crippen LogP) is 3.95. The summed E-state index contributed by atoms with van der Waals surface area (Å²) in [7, 11) is 1.55. The van der Waals surface area contributed by atoms with Gasteiger partial charge in [-0.25, -0.2) is 4.98 Å². The third-order valence-corrected chi connectivity index (χ3v) is 7.51. The van der Waals surface area contributed by atoms with Crippen molar-refractivity contribution in [2.24, 2.45) is 5.92 Å². The minimum atomic E-state index is -4.54. The first-order chi connectivity index (χ1) is 17.6. The number of ketones is 1. The maximum Gasteiger partial charge on any atom is 0.416 e. The molecule has 200 valence electrons. The summed E-state index contributed by atoms with van der Waals surface area (Å²) in [5, 5.41) is 13.6. The summed E-state index contributed by atoms with van der Waals surface area (Å²) in [6.07, 6.45) is 1.27. The van der Waals surface area contributed by atoms with E-state index in [-0.39, 0.29) is 23.8 Å². The minimum Gasteiger partial charge on any atom is -0.481 e. The van der Waals surface area contributed by atoms with Crippen LogP contribution in [0.5, 0.6) is 5.88 Å². The van der Waals surface area contributed by atoms with Crippen LogP contribution in [0.3, 0.4) is 0 Å². The summed E-state index contributed by atoms with van der Waals surface area (Å²) in [5.41, 5.74) is -1.14. The number of halogens is 3. The second kappa shape index (κ2) is 11.2. The van der Waals surface area contributed by atoms with Crippen molar-refractivity contribution in [2.75, 3.05) is 26.7 Å². The van der Waals surface area contributed by atoms with Gasteiger partial charge in [-0.1, -0.05) is 6.07 Å². The van der Waals surface area contributed by atoms with Crippen LogP contribution >= 0.6 is 0 Å². The minimum absolute atomic E-state index is 0.127. The number of rotatable bonds is 8. The Labute approximate surface area is 214 Å². The molecule has 2 fully saturated rings. The molecule has 37 heavy (non-hydrogen) atoms. The number of Topliss-reactive ketones (excluding diaryl/α,β-unsaturated/α-hetero) is 1. The van der Waals surface area contributed by atoms with Gasteiger partial charge in [-0.3, -0.25) is 9.59 Å². The van der Waals surface area contributed by atoms with Crippen LogP contribution < -0.4 is 10.1 Å². The lowest BCUT2D eigenvalue weighted by Gasteiger charge is -2.39. The van der Waals surface area contributed by atoms with Gasteiger partial charge in [0.1, 0.15) is 0 Å². The van der Waals surface area contributed by atoms with Crippen molar-refractivity contribution < 1.29 is 32.6 Å². The van der Waals surface area contributed by atoms with Crippen molar-refractivity contribution in [3.05, 3.63) is 59.3 Å². The number of hydrogen-bond donors (Lipinski definition) is 2. The van der Waals surface area contributed by atoms with Crippen LogP contribution in [0.15, 0.2) is 42.6 Å². The third kappa shape index (κ3) is 6.67. The topological polar surface area (TPSA) is 91.8 Å². The quantitative estimate of drug-likeness (QED) is 0.549. The molecule has 1 amide bonds. The summed E-state index contributed by atoms with van der Waals surface area (Å²) < 4.78 is 43.7. The number of benzene rings is 1. The molecule has 1 unspecified atom stereocenters. The monoisotopic (exact) mass is 519 g/mol. The second-order valence-electron chi connectivity index (χ2n) is 10.0. The average molecular weight is 520 g/mol. The van der Waals surface area contributed by atoms with Gasteiger partial charge in [-0.05, 0) is 68.8 Å². The zero-order valence-corrected chi connectivity index (χ0v) is 20.8. The number of likely N-dealkylation sites (tertiary alicyclic amines) is 1. The van der Waals surface area contributed by atoms with Crippen LogP contribution in [0.4, 0.5) is 13.2 Å². The van der Waals surface area contributed by atoms with E-state index >= 15 is 0 Å². The Kier molecular flexibility index (Phi) is 8.18. The highest BCUT2D eigenvalue weighted by molar-refractivity contribution is 5.96.